The summed E-state index contributed by atoms with van der Waals surface area (Å²) in [6, 6.07) is 6.52. The monoisotopic (exact) mass is 478 g/mol. The molecule has 1 aromatic carbocycles. The van der Waals surface area contributed by atoms with E-state index in [2.05, 4.69) is 10.6 Å². The van der Waals surface area contributed by atoms with Crippen LogP contribution in [0.4, 0.5) is 5.00 Å². The summed E-state index contributed by atoms with van der Waals surface area (Å²) in [5.74, 6) is 0.590. The third-order valence-corrected chi connectivity index (χ3v) is 8.62. The van der Waals surface area contributed by atoms with Crippen molar-refractivity contribution in [2.45, 2.75) is 38.1 Å². The highest BCUT2D eigenvalue weighted by Crippen LogP contribution is 2.38. The highest BCUT2D eigenvalue weighted by Gasteiger charge is 2.32. The molecule has 2 heterocycles. The molecule has 1 aliphatic carbocycles. The van der Waals surface area contributed by atoms with Gasteiger partial charge in [-0.05, 0) is 61.9 Å². The first-order valence-corrected chi connectivity index (χ1v) is 13.2. The van der Waals surface area contributed by atoms with Crippen LogP contribution in [0.25, 0.3) is 0 Å². The van der Waals surface area contributed by atoms with Crippen molar-refractivity contribution in [1.29, 1.82) is 0 Å². The Hall–Kier alpha value is -2.59. The van der Waals surface area contributed by atoms with Gasteiger partial charge in [0.05, 0.1) is 24.2 Å². The smallest absolute Gasteiger partial charge is 0.262 e. The summed E-state index contributed by atoms with van der Waals surface area (Å²) in [6.45, 7) is -0.198. The number of sulfone groups is 1. The Balaban J connectivity index is 1.46. The average molecular weight is 479 g/mol. The SMILES string of the molecule is COc1ccc(OCC(=O)Nc2sc3c(c2C(=O)NC2CCS(=O)(=O)C2)CCCC3)cc1. The van der Waals surface area contributed by atoms with Gasteiger partial charge in [-0.2, -0.15) is 0 Å². The molecule has 0 radical (unpaired) electrons. The lowest BCUT2D eigenvalue weighted by Crippen LogP contribution is -2.36. The zero-order valence-corrected chi connectivity index (χ0v) is 19.4. The fourth-order valence-corrected chi connectivity index (χ4v) is 7.02. The first kappa shape index (κ1) is 22.6. The number of benzene rings is 1. The molecule has 1 fully saturated rings. The van der Waals surface area contributed by atoms with Crippen molar-refractivity contribution in [2.75, 3.05) is 30.5 Å². The van der Waals surface area contributed by atoms with E-state index in [1.54, 1.807) is 31.4 Å². The van der Waals surface area contributed by atoms with E-state index < -0.39 is 15.9 Å². The fraction of sp³-hybridized carbons (Fsp3) is 0.455. The molecule has 0 bridgehead atoms. The number of amides is 2. The van der Waals surface area contributed by atoms with Crippen LogP contribution in [0.3, 0.4) is 0 Å². The summed E-state index contributed by atoms with van der Waals surface area (Å²) in [7, 11) is -1.53. The molecular formula is C22H26N2O6S2. The maximum Gasteiger partial charge on any atom is 0.262 e. The van der Waals surface area contributed by atoms with Gasteiger partial charge in [-0.1, -0.05) is 0 Å². The molecule has 2 aromatic rings. The lowest BCUT2D eigenvalue weighted by Gasteiger charge is -2.15. The van der Waals surface area contributed by atoms with Crippen molar-refractivity contribution in [3.8, 4) is 11.5 Å². The van der Waals surface area contributed by atoms with E-state index in [4.69, 9.17) is 9.47 Å². The van der Waals surface area contributed by atoms with Crippen molar-refractivity contribution in [3.63, 3.8) is 0 Å². The van der Waals surface area contributed by atoms with Crippen LogP contribution in [0, 0.1) is 0 Å². The maximum absolute atomic E-state index is 13.1. The Bertz CT molecular complexity index is 1110. The zero-order chi connectivity index (χ0) is 22.7. The number of thiophene rings is 1. The van der Waals surface area contributed by atoms with E-state index in [9.17, 15) is 18.0 Å². The van der Waals surface area contributed by atoms with Crippen molar-refractivity contribution < 1.29 is 27.5 Å². The van der Waals surface area contributed by atoms with Crippen LogP contribution in [0.15, 0.2) is 24.3 Å². The molecule has 32 heavy (non-hydrogen) atoms. The number of anilines is 1. The van der Waals surface area contributed by atoms with Gasteiger partial charge in [-0.3, -0.25) is 9.59 Å². The highest BCUT2D eigenvalue weighted by atomic mass is 32.2. The minimum atomic E-state index is -3.10. The molecule has 4 rings (SSSR count). The van der Waals surface area contributed by atoms with Gasteiger partial charge >= 0.3 is 0 Å². The molecule has 1 aromatic heterocycles. The van der Waals surface area contributed by atoms with Gasteiger partial charge in [0, 0.05) is 10.9 Å². The molecule has 2 N–H and O–H groups in total. The van der Waals surface area contributed by atoms with Gasteiger partial charge in [-0.15, -0.1) is 11.3 Å². The summed E-state index contributed by atoms with van der Waals surface area (Å²) in [6.07, 6.45) is 4.09. The van der Waals surface area contributed by atoms with E-state index >= 15 is 0 Å². The summed E-state index contributed by atoms with van der Waals surface area (Å²) >= 11 is 1.42. The number of carbonyl (C=O) groups is 2. The van der Waals surface area contributed by atoms with Gasteiger partial charge in [0.2, 0.25) is 0 Å². The summed E-state index contributed by atoms with van der Waals surface area (Å²) in [4.78, 5) is 26.8. The minimum absolute atomic E-state index is 0.0392. The molecule has 8 nitrogen and oxygen atoms in total. The molecule has 2 aliphatic rings. The number of rotatable bonds is 7. The number of hydrogen-bond donors (Lipinski definition) is 2. The molecule has 1 aliphatic heterocycles. The number of ether oxygens (including phenoxy) is 2. The van der Waals surface area contributed by atoms with Crippen molar-refractivity contribution >= 4 is 38.0 Å². The summed E-state index contributed by atoms with van der Waals surface area (Å²) < 4.78 is 34.1. The average Bonchev–Trinajstić information content (AvgIpc) is 3.31. The Morgan fingerprint density at radius 3 is 2.53 bits per heavy atom. The number of aryl methyl sites for hydroxylation is 1. The van der Waals surface area contributed by atoms with E-state index in [1.165, 1.54) is 11.3 Å². The standard InChI is InChI=1S/C22H26N2O6S2/c1-29-15-6-8-16(9-7-15)30-12-19(25)24-22-20(17-4-2-3-5-18(17)31-22)21(26)23-14-10-11-32(27,28)13-14/h6-9,14H,2-5,10-13H2,1H3,(H,23,26)(H,24,25). The second kappa shape index (κ2) is 9.50. The molecular weight excluding hydrogens is 452 g/mol. The third-order valence-electron chi connectivity index (χ3n) is 5.65. The van der Waals surface area contributed by atoms with Crippen molar-refractivity contribution in [1.82, 2.24) is 5.32 Å². The van der Waals surface area contributed by atoms with Gasteiger partial charge in [0.15, 0.2) is 16.4 Å². The molecule has 2 amide bonds. The number of hydrogen-bond acceptors (Lipinski definition) is 7. The number of nitrogens with one attached hydrogen (secondary N) is 2. The van der Waals surface area contributed by atoms with E-state index in [-0.39, 0.29) is 29.9 Å². The Kier molecular flexibility index (Phi) is 6.71. The van der Waals surface area contributed by atoms with Gasteiger partial charge < -0.3 is 20.1 Å². The Morgan fingerprint density at radius 1 is 1.12 bits per heavy atom. The van der Waals surface area contributed by atoms with Crippen LogP contribution in [-0.4, -0.2) is 51.5 Å². The second-order valence-electron chi connectivity index (χ2n) is 8.00. The zero-order valence-electron chi connectivity index (χ0n) is 17.8. The number of carbonyl (C=O) groups excluding carboxylic acids is 2. The van der Waals surface area contributed by atoms with Crippen LogP contribution >= 0.6 is 11.3 Å². The Morgan fingerprint density at radius 2 is 1.84 bits per heavy atom. The summed E-state index contributed by atoms with van der Waals surface area (Å²) in [5, 5.41) is 6.20. The fourth-order valence-electron chi connectivity index (χ4n) is 4.04. The largest absolute Gasteiger partial charge is 0.497 e. The van der Waals surface area contributed by atoms with Gasteiger partial charge in [0.25, 0.3) is 11.8 Å². The lowest BCUT2D eigenvalue weighted by atomic mass is 9.95. The molecule has 1 atom stereocenters. The normalized spacial score (nSPS) is 19.1. The molecule has 172 valence electrons. The maximum atomic E-state index is 13.1. The van der Waals surface area contributed by atoms with Gasteiger partial charge in [0.1, 0.15) is 16.5 Å². The van der Waals surface area contributed by atoms with E-state index in [0.29, 0.717) is 28.5 Å². The predicted octanol–water partition coefficient (Wildman–Crippen LogP) is 2.57. The topological polar surface area (TPSA) is 111 Å². The first-order chi connectivity index (χ1) is 15.3. The van der Waals surface area contributed by atoms with Crippen molar-refractivity contribution in [2.24, 2.45) is 0 Å². The predicted molar refractivity (Wildman–Crippen MR) is 123 cm³/mol. The Labute approximate surface area is 191 Å². The molecule has 0 spiro atoms. The molecule has 1 saturated heterocycles. The highest BCUT2D eigenvalue weighted by molar-refractivity contribution is 7.91. The quantitative estimate of drug-likeness (QED) is 0.633. The summed E-state index contributed by atoms with van der Waals surface area (Å²) in [5.41, 5.74) is 1.43. The molecule has 1 unspecified atom stereocenters. The van der Waals surface area contributed by atoms with Crippen LogP contribution in [0.5, 0.6) is 11.5 Å². The van der Waals surface area contributed by atoms with Crippen LogP contribution < -0.4 is 20.1 Å². The molecule has 10 heteroatoms. The third kappa shape index (κ3) is 5.24. The first-order valence-electron chi connectivity index (χ1n) is 10.6. The number of fused-ring (bicyclic) bond motifs is 1. The van der Waals surface area contributed by atoms with Crippen LogP contribution in [0.1, 0.15) is 40.1 Å². The van der Waals surface area contributed by atoms with Crippen LogP contribution in [-0.2, 0) is 27.5 Å². The minimum Gasteiger partial charge on any atom is -0.497 e. The second-order valence-corrected chi connectivity index (χ2v) is 11.3. The van der Waals surface area contributed by atoms with Gasteiger partial charge in [-0.25, -0.2) is 8.42 Å². The van der Waals surface area contributed by atoms with Crippen molar-refractivity contribution in [3.05, 3.63) is 40.3 Å². The van der Waals surface area contributed by atoms with E-state index in [0.717, 1.165) is 36.1 Å². The van der Waals surface area contributed by atoms with Crippen LogP contribution in [0.2, 0.25) is 0 Å². The lowest BCUT2D eigenvalue weighted by molar-refractivity contribution is -0.118. The molecule has 0 saturated carbocycles. The number of methoxy groups -OCH3 is 1. The van der Waals surface area contributed by atoms with E-state index in [1.807, 2.05) is 0 Å².